The minimum absolute atomic E-state index is 0. The van der Waals surface area contributed by atoms with E-state index < -0.39 is 9.84 Å². The van der Waals surface area contributed by atoms with Crippen molar-refractivity contribution in [3.63, 3.8) is 0 Å². The van der Waals surface area contributed by atoms with Crippen LogP contribution in [0.4, 0.5) is 5.13 Å². The lowest BCUT2D eigenvalue weighted by Gasteiger charge is -2.24. The third-order valence-electron chi connectivity index (χ3n) is 5.39. The summed E-state index contributed by atoms with van der Waals surface area (Å²) in [6, 6.07) is 11.9. The number of fused-ring (bicyclic) bond motifs is 1. The van der Waals surface area contributed by atoms with Crippen molar-refractivity contribution < 1.29 is 13.2 Å². The van der Waals surface area contributed by atoms with Gasteiger partial charge in [-0.2, -0.15) is 0 Å². The predicted octanol–water partition coefficient (Wildman–Crippen LogP) is 5.22. The van der Waals surface area contributed by atoms with Crippen LogP contribution in [0, 0.1) is 6.92 Å². The lowest BCUT2D eigenvalue weighted by Crippen LogP contribution is -2.39. The third-order valence-corrected chi connectivity index (χ3v) is 8.37. The van der Waals surface area contributed by atoms with Crippen molar-refractivity contribution in [1.82, 2.24) is 9.88 Å². The van der Waals surface area contributed by atoms with Crippen LogP contribution >= 0.6 is 35.3 Å². The summed E-state index contributed by atoms with van der Waals surface area (Å²) in [4.78, 5) is 22.0. The van der Waals surface area contributed by atoms with Gasteiger partial charge in [0.15, 0.2) is 15.0 Å². The second-order valence-electron chi connectivity index (χ2n) is 7.52. The second kappa shape index (κ2) is 12.1. The molecule has 180 valence electrons. The topological polar surface area (TPSA) is 70.6 Å². The zero-order valence-corrected chi connectivity index (χ0v) is 22.2. The molecule has 0 unspecified atom stereocenters. The molecule has 3 rings (SSSR count). The largest absolute Gasteiger partial charge is 0.302 e. The average molecular weight is 531 g/mol. The number of nitrogens with zero attached hydrogens (tertiary/aromatic N) is 3. The van der Waals surface area contributed by atoms with Gasteiger partial charge in [0.1, 0.15) is 0 Å². The third kappa shape index (κ3) is 6.90. The highest BCUT2D eigenvalue weighted by molar-refractivity contribution is 7.91. The van der Waals surface area contributed by atoms with Crippen molar-refractivity contribution in [3.05, 3.63) is 53.1 Å². The molecule has 0 N–H and O–H groups in total. The van der Waals surface area contributed by atoms with Gasteiger partial charge in [0.2, 0.25) is 5.91 Å². The van der Waals surface area contributed by atoms with E-state index in [0.717, 1.165) is 28.9 Å². The molecule has 0 aliphatic heterocycles. The van der Waals surface area contributed by atoms with Gasteiger partial charge in [-0.25, -0.2) is 13.4 Å². The number of aryl methyl sites for hydroxylation is 1. The zero-order chi connectivity index (χ0) is 23.3. The van der Waals surface area contributed by atoms with Crippen molar-refractivity contribution in [3.8, 4) is 0 Å². The lowest BCUT2D eigenvalue weighted by atomic mass is 10.2. The van der Waals surface area contributed by atoms with Gasteiger partial charge < -0.3 is 4.90 Å². The number of sulfone groups is 1. The molecule has 1 heterocycles. The molecule has 0 aliphatic rings. The van der Waals surface area contributed by atoms with E-state index in [1.165, 1.54) is 11.3 Å². The predicted molar refractivity (Wildman–Crippen MR) is 140 cm³/mol. The highest BCUT2D eigenvalue weighted by Gasteiger charge is 2.24. The quantitative estimate of drug-likeness (QED) is 0.360. The van der Waals surface area contributed by atoms with E-state index in [-0.39, 0.29) is 35.4 Å². The number of rotatable bonds is 10. The normalized spacial score (nSPS) is 11.5. The molecule has 10 heteroatoms. The Labute approximate surface area is 210 Å². The number of hydrogen-bond donors (Lipinski definition) is 0. The van der Waals surface area contributed by atoms with Crippen LogP contribution in [-0.2, 0) is 14.6 Å². The van der Waals surface area contributed by atoms with Gasteiger partial charge in [-0.15, -0.1) is 12.4 Å². The van der Waals surface area contributed by atoms with Gasteiger partial charge in [0, 0.05) is 24.5 Å². The van der Waals surface area contributed by atoms with E-state index in [0.29, 0.717) is 23.2 Å². The SMILES string of the molecule is CCN(CC)CCN(C(=O)CCS(=O)(=O)c1ccccc1)c1nc2c(C)cc(Cl)cc2s1.Cl. The molecule has 0 bridgehead atoms. The molecule has 2 aromatic carbocycles. The molecule has 6 nitrogen and oxygen atoms in total. The monoisotopic (exact) mass is 529 g/mol. The number of carbonyl (C=O) groups is 1. The van der Waals surface area contributed by atoms with Gasteiger partial charge in [0.05, 0.1) is 20.9 Å². The fourth-order valence-corrected chi connectivity index (χ4v) is 6.18. The van der Waals surface area contributed by atoms with E-state index in [1.807, 2.05) is 19.1 Å². The van der Waals surface area contributed by atoms with E-state index in [2.05, 4.69) is 18.7 Å². The van der Waals surface area contributed by atoms with Gasteiger partial charge in [0.25, 0.3) is 0 Å². The van der Waals surface area contributed by atoms with E-state index in [4.69, 9.17) is 16.6 Å². The summed E-state index contributed by atoms with van der Waals surface area (Å²) in [5, 5.41) is 1.19. The molecule has 1 amide bonds. The van der Waals surface area contributed by atoms with Crippen molar-refractivity contribution >= 4 is 66.4 Å². The Morgan fingerprint density at radius 3 is 2.39 bits per heavy atom. The van der Waals surface area contributed by atoms with Gasteiger partial charge in [-0.1, -0.05) is 55.0 Å². The first-order valence-corrected chi connectivity index (χ1v) is 13.5. The van der Waals surface area contributed by atoms with Crippen LogP contribution in [-0.4, -0.2) is 56.1 Å². The Hall–Kier alpha value is -1.71. The fourth-order valence-electron chi connectivity index (χ4n) is 3.47. The summed E-state index contributed by atoms with van der Waals surface area (Å²) in [6.45, 7) is 8.95. The molecule has 1 aromatic heterocycles. The van der Waals surface area contributed by atoms with Gasteiger partial charge in [-0.3, -0.25) is 9.69 Å². The summed E-state index contributed by atoms with van der Waals surface area (Å²) in [6.07, 6.45) is -0.106. The first-order chi connectivity index (χ1) is 15.2. The molecule has 0 saturated heterocycles. The van der Waals surface area contributed by atoms with Crippen LogP contribution in [0.15, 0.2) is 47.4 Å². The standard InChI is InChI=1S/C23H28ClN3O3S2.ClH/c1-4-26(5-2)12-13-27(23-25-22-17(3)15-18(24)16-20(22)31-23)21(28)11-14-32(29,30)19-9-7-6-8-10-19;/h6-10,15-16H,4-5,11-14H2,1-3H3;1H. The first kappa shape index (κ1) is 27.5. The second-order valence-corrected chi connectivity index (χ2v) is 11.1. The number of anilines is 1. The molecular weight excluding hydrogens is 501 g/mol. The average Bonchev–Trinajstić information content (AvgIpc) is 3.20. The van der Waals surface area contributed by atoms with Crippen LogP contribution in [0.3, 0.4) is 0 Å². The molecular formula is C23H29Cl2N3O3S2. The number of benzene rings is 2. The number of hydrogen-bond acceptors (Lipinski definition) is 6. The number of likely N-dealkylation sites (N-methyl/N-ethyl adjacent to an activating group) is 1. The highest BCUT2D eigenvalue weighted by atomic mass is 35.5. The minimum atomic E-state index is -3.54. The molecule has 3 aromatic rings. The Kier molecular flexibility index (Phi) is 10.1. The van der Waals surface area contributed by atoms with Crippen LogP contribution in [0.2, 0.25) is 5.02 Å². The van der Waals surface area contributed by atoms with Gasteiger partial charge >= 0.3 is 0 Å². The Morgan fingerprint density at radius 2 is 1.76 bits per heavy atom. The molecule has 33 heavy (non-hydrogen) atoms. The summed E-state index contributed by atoms with van der Waals surface area (Å²) >= 11 is 7.60. The molecule has 0 saturated carbocycles. The fraction of sp³-hybridized carbons (Fsp3) is 0.391. The molecule has 0 fully saturated rings. The van der Waals surface area contributed by atoms with E-state index >= 15 is 0 Å². The smallest absolute Gasteiger partial charge is 0.229 e. The van der Waals surface area contributed by atoms with Crippen LogP contribution in [0.5, 0.6) is 0 Å². The van der Waals surface area contributed by atoms with Crippen molar-refractivity contribution in [2.45, 2.75) is 32.1 Å². The zero-order valence-electron chi connectivity index (χ0n) is 19.0. The first-order valence-electron chi connectivity index (χ1n) is 10.6. The van der Waals surface area contributed by atoms with Crippen LogP contribution in [0.25, 0.3) is 10.2 Å². The number of amides is 1. The van der Waals surface area contributed by atoms with E-state index in [9.17, 15) is 13.2 Å². The Balaban J connectivity index is 0.00000385. The molecule has 0 radical (unpaired) electrons. The van der Waals surface area contributed by atoms with Crippen molar-refractivity contribution in [1.29, 1.82) is 0 Å². The summed E-state index contributed by atoms with van der Waals surface area (Å²) in [7, 11) is -3.54. The molecule has 0 aliphatic carbocycles. The number of halogens is 2. The summed E-state index contributed by atoms with van der Waals surface area (Å²) in [5.41, 5.74) is 1.75. The van der Waals surface area contributed by atoms with Gasteiger partial charge in [-0.05, 0) is 49.8 Å². The molecule has 0 atom stereocenters. The summed E-state index contributed by atoms with van der Waals surface area (Å²) < 4.78 is 26.2. The van der Waals surface area contributed by atoms with E-state index in [1.54, 1.807) is 35.2 Å². The maximum Gasteiger partial charge on any atom is 0.229 e. The van der Waals surface area contributed by atoms with Crippen LogP contribution in [0.1, 0.15) is 25.8 Å². The lowest BCUT2D eigenvalue weighted by molar-refractivity contribution is -0.118. The number of thiazole rings is 1. The number of aromatic nitrogens is 1. The summed E-state index contributed by atoms with van der Waals surface area (Å²) in [5.74, 6) is -0.493. The van der Waals surface area contributed by atoms with Crippen molar-refractivity contribution in [2.24, 2.45) is 0 Å². The highest BCUT2D eigenvalue weighted by Crippen LogP contribution is 2.33. The Bertz CT molecular complexity index is 1180. The van der Waals surface area contributed by atoms with Crippen molar-refractivity contribution in [2.75, 3.05) is 36.8 Å². The molecule has 0 spiro atoms. The maximum absolute atomic E-state index is 13.2. The Morgan fingerprint density at radius 1 is 1.09 bits per heavy atom. The minimum Gasteiger partial charge on any atom is -0.302 e. The maximum atomic E-state index is 13.2. The van der Waals surface area contributed by atoms with Crippen LogP contribution < -0.4 is 4.90 Å². The number of carbonyl (C=O) groups excluding carboxylic acids is 1.